The molecule has 1 saturated heterocycles. The summed E-state index contributed by atoms with van der Waals surface area (Å²) in [6.45, 7) is 4.60. The molecular formula is C28H25ClFNO5. The van der Waals surface area contributed by atoms with Gasteiger partial charge in [0.05, 0.1) is 30.4 Å². The predicted octanol–water partition coefficient (Wildman–Crippen LogP) is 6.15. The highest BCUT2D eigenvalue weighted by Crippen LogP contribution is 2.43. The topological polar surface area (TPSA) is 76.1 Å². The van der Waals surface area contributed by atoms with Crippen molar-refractivity contribution in [3.63, 3.8) is 0 Å². The molecule has 1 N–H and O–H groups in total. The van der Waals surface area contributed by atoms with E-state index in [9.17, 15) is 19.1 Å². The van der Waals surface area contributed by atoms with E-state index in [0.29, 0.717) is 40.8 Å². The number of Topliss-reactive ketones (excluding diaryl/α,β-unsaturated/α-hetero) is 1. The number of methoxy groups -OCH3 is 1. The molecule has 3 aromatic rings. The van der Waals surface area contributed by atoms with Crippen molar-refractivity contribution in [2.24, 2.45) is 5.92 Å². The molecule has 1 aliphatic rings. The Bertz CT molecular complexity index is 1320. The molecule has 36 heavy (non-hydrogen) atoms. The highest BCUT2D eigenvalue weighted by atomic mass is 35.5. The van der Waals surface area contributed by atoms with Crippen LogP contribution in [0.5, 0.6) is 11.5 Å². The number of ether oxygens (including phenoxy) is 2. The second-order valence-corrected chi connectivity index (χ2v) is 9.18. The number of hydrogen-bond acceptors (Lipinski definition) is 5. The lowest BCUT2D eigenvalue weighted by molar-refractivity contribution is -0.132. The molecule has 0 radical (unpaired) electrons. The number of hydrogen-bond donors (Lipinski definition) is 1. The standard InChI is InChI=1S/C28H25ClFNO5/c1-16(2)15-36-21-11-6-18(7-12-21)26(32)24-25(17-4-8-19(30)9-5-17)31(28(34)27(24)33)20-10-13-23(35-3)22(29)14-20/h4-14,16,25,32H,15H2,1-3H3/b26-24+. The maximum atomic E-state index is 13.7. The van der Waals surface area contributed by atoms with Crippen LogP contribution < -0.4 is 14.4 Å². The van der Waals surface area contributed by atoms with E-state index in [2.05, 4.69) is 0 Å². The van der Waals surface area contributed by atoms with Gasteiger partial charge >= 0.3 is 0 Å². The third-order valence-corrected chi connectivity index (χ3v) is 6.05. The number of amides is 1. The SMILES string of the molecule is COc1ccc(N2C(=O)C(=O)/C(=C(/O)c3ccc(OCC(C)C)cc3)C2c2ccc(F)cc2)cc1Cl. The van der Waals surface area contributed by atoms with E-state index in [1.807, 2.05) is 13.8 Å². The Labute approximate surface area is 213 Å². The lowest BCUT2D eigenvalue weighted by Crippen LogP contribution is -2.29. The van der Waals surface area contributed by atoms with Crippen LogP contribution in [0.4, 0.5) is 10.1 Å². The summed E-state index contributed by atoms with van der Waals surface area (Å²) in [5.41, 5.74) is 0.994. The maximum Gasteiger partial charge on any atom is 0.300 e. The normalized spacial score (nSPS) is 17.1. The average molecular weight is 510 g/mol. The molecule has 0 spiro atoms. The third kappa shape index (κ3) is 4.93. The lowest BCUT2D eigenvalue weighted by atomic mass is 9.95. The molecule has 1 unspecified atom stereocenters. The fourth-order valence-corrected chi connectivity index (χ4v) is 4.24. The molecule has 0 aliphatic carbocycles. The number of nitrogens with zero attached hydrogens (tertiary/aromatic N) is 1. The highest BCUT2D eigenvalue weighted by molar-refractivity contribution is 6.51. The van der Waals surface area contributed by atoms with Crippen LogP contribution in [0.3, 0.4) is 0 Å². The molecule has 4 rings (SSSR count). The molecule has 6 nitrogen and oxygen atoms in total. The van der Waals surface area contributed by atoms with Crippen LogP contribution in [0.1, 0.15) is 31.0 Å². The first-order valence-electron chi connectivity index (χ1n) is 11.3. The van der Waals surface area contributed by atoms with Crippen molar-refractivity contribution in [2.75, 3.05) is 18.6 Å². The molecule has 186 valence electrons. The number of rotatable bonds is 7. The number of carbonyl (C=O) groups is 2. The Morgan fingerprint density at radius 2 is 1.72 bits per heavy atom. The zero-order valence-corrected chi connectivity index (χ0v) is 20.8. The fourth-order valence-electron chi connectivity index (χ4n) is 3.99. The smallest absolute Gasteiger partial charge is 0.300 e. The zero-order chi connectivity index (χ0) is 26.0. The number of benzene rings is 3. The van der Waals surface area contributed by atoms with E-state index in [4.69, 9.17) is 21.1 Å². The van der Waals surface area contributed by atoms with Gasteiger partial charge in [-0.2, -0.15) is 0 Å². The number of anilines is 1. The van der Waals surface area contributed by atoms with Gasteiger partial charge in [-0.15, -0.1) is 0 Å². The molecule has 1 fully saturated rings. The summed E-state index contributed by atoms with van der Waals surface area (Å²) in [7, 11) is 1.46. The van der Waals surface area contributed by atoms with Gasteiger partial charge in [0.1, 0.15) is 23.1 Å². The van der Waals surface area contributed by atoms with Gasteiger partial charge < -0.3 is 14.6 Å². The van der Waals surface area contributed by atoms with E-state index in [1.165, 1.54) is 42.3 Å². The summed E-state index contributed by atoms with van der Waals surface area (Å²) in [5.74, 6) is -1.17. The summed E-state index contributed by atoms with van der Waals surface area (Å²) in [6, 6.07) is 15.7. The summed E-state index contributed by atoms with van der Waals surface area (Å²) in [4.78, 5) is 27.7. The van der Waals surface area contributed by atoms with Gasteiger partial charge in [-0.25, -0.2) is 4.39 Å². The Balaban J connectivity index is 1.82. The molecule has 8 heteroatoms. The van der Waals surface area contributed by atoms with Crippen molar-refractivity contribution in [1.29, 1.82) is 0 Å². The van der Waals surface area contributed by atoms with Crippen LogP contribution in [-0.4, -0.2) is 30.5 Å². The minimum Gasteiger partial charge on any atom is -0.507 e. The van der Waals surface area contributed by atoms with Gasteiger partial charge in [0.15, 0.2) is 0 Å². The Morgan fingerprint density at radius 1 is 1.06 bits per heavy atom. The number of aliphatic hydroxyl groups is 1. The monoisotopic (exact) mass is 509 g/mol. The summed E-state index contributed by atoms with van der Waals surface area (Å²) in [6.07, 6.45) is 0. The summed E-state index contributed by atoms with van der Waals surface area (Å²) >= 11 is 6.29. The Hall–Kier alpha value is -3.84. The van der Waals surface area contributed by atoms with Crippen LogP contribution in [0.15, 0.2) is 72.3 Å². The molecular weight excluding hydrogens is 485 g/mol. The van der Waals surface area contributed by atoms with E-state index in [-0.39, 0.29) is 16.4 Å². The van der Waals surface area contributed by atoms with E-state index in [0.717, 1.165) is 0 Å². The first-order chi connectivity index (χ1) is 17.2. The first kappa shape index (κ1) is 25.3. The average Bonchev–Trinajstić information content (AvgIpc) is 3.13. The van der Waals surface area contributed by atoms with Crippen LogP contribution >= 0.6 is 11.6 Å². The first-order valence-corrected chi connectivity index (χ1v) is 11.7. The molecule has 1 atom stereocenters. The molecule has 0 aromatic heterocycles. The zero-order valence-electron chi connectivity index (χ0n) is 20.0. The van der Waals surface area contributed by atoms with Gasteiger partial charge in [-0.1, -0.05) is 37.6 Å². The van der Waals surface area contributed by atoms with Crippen molar-refractivity contribution in [3.8, 4) is 11.5 Å². The molecule has 3 aromatic carbocycles. The third-order valence-electron chi connectivity index (χ3n) is 5.75. The molecule has 1 aliphatic heterocycles. The van der Waals surface area contributed by atoms with E-state index in [1.54, 1.807) is 36.4 Å². The Kier molecular flexibility index (Phi) is 7.31. The van der Waals surface area contributed by atoms with Gasteiger partial charge in [0.2, 0.25) is 0 Å². The largest absolute Gasteiger partial charge is 0.507 e. The minimum absolute atomic E-state index is 0.116. The lowest BCUT2D eigenvalue weighted by Gasteiger charge is -2.26. The van der Waals surface area contributed by atoms with E-state index < -0.39 is 23.5 Å². The van der Waals surface area contributed by atoms with Gasteiger partial charge in [0, 0.05) is 11.3 Å². The molecule has 0 saturated carbocycles. The number of ketones is 1. The minimum atomic E-state index is -1.01. The molecule has 1 amide bonds. The second-order valence-electron chi connectivity index (χ2n) is 8.77. The summed E-state index contributed by atoms with van der Waals surface area (Å²) < 4.78 is 24.6. The van der Waals surface area contributed by atoms with Gasteiger partial charge in [-0.05, 0) is 66.1 Å². The van der Waals surface area contributed by atoms with Crippen molar-refractivity contribution in [1.82, 2.24) is 0 Å². The number of aliphatic hydroxyl groups excluding tert-OH is 1. The van der Waals surface area contributed by atoms with Crippen molar-refractivity contribution >= 4 is 34.7 Å². The number of carbonyl (C=O) groups excluding carboxylic acids is 2. The number of halogens is 2. The van der Waals surface area contributed by atoms with Gasteiger partial charge in [0.25, 0.3) is 11.7 Å². The van der Waals surface area contributed by atoms with Crippen LogP contribution in [-0.2, 0) is 9.59 Å². The van der Waals surface area contributed by atoms with E-state index >= 15 is 0 Å². The van der Waals surface area contributed by atoms with Crippen LogP contribution in [0.25, 0.3) is 5.76 Å². The van der Waals surface area contributed by atoms with Crippen molar-refractivity contribution in [2.45, 2.75) is 19.9 Å². The van der Waals surface area contributed by atoms with Crippen molar-refractivity contribution < 1.29 is 28.6 Å². The van der Waals surface area contributed by atoms with Crippen LogP contribution in [0.2, 0.25) is 5.02 Å². The predicted molar refractivity (Wildman–Crippen MR) is 136 cm³/mol. The quantitative estimate of drug-likeness (QED) is 0.235. The fraction of sp³-hybridized carbons (Fsp3) is 0.214. The van der Waals surface area contributed by atoms with Crippen LogP contribution in [0, 0.1) is 11.7 Å². The molecule has 0 bridgehead atoms. The second kappa shape index (κ2) is 10.4. The van der Waals surface area contributed by atoms with Gasteiger partial charge in [-0.3, -0.25) is 14.5 Å². The molecule has 1 heterocycles. The van der Waals surface area contributed by atoms with Crippen molar-refractivity contribution in [3.05, 3.63) is 94.3 Å². The summed E-state index contributed by atoms with van der Waals surface area (Å²) in [5, 5.41) is 11.5. The maximum absolute atomic E-state index is 13.7. The Morgan fingerprint density at radius 3 is 2.31 bits per heavy atom. The highest BCUT2D eigenvalue weighted by Gasteiger charge is 2.47.